The van der Waals surface area contributed by atoms with Crippen LogP contribution in [0.25, 0.3) is 0 Å². The van der Waals surface area contributed by atoms with Crippen LogP contribution in [0, 0.1) is 5.82 Å². The standard InChI is InChI=1S/C12H14BrF4N/c1-18-10(6-3-7-12(15,16)17)8-4-2-5-9(13)11(8)14/h2,4-5,10,18H,3,6-7H2,1H3. The van der Waals surface area contributed by atoms with Gasteiger partial charge in [-0.2, -0.15) is 13.2 Å². The first-order valence-corrected chi connectivity index (χ1v) is 6.32. The third-order valence-electron chi connectivity index (χ3n) is 2.66. The molecule has 0 aliphatic carbocycles. The summed E-state index contributed by atoms with van der Waals surface area (Å²) >= 11 is 3.06. The monoisotopic (exact) mass is 327 g/mol. The lowest BCUT2D eigenvalue weighted by molar-refractivity contribution is -0.135. The predicted octanol–water partition coefficient (Wildman–Crippen LogP) is 4.58. The minimum absolute atomic E-state index is 0.0268. The van der Waals surface area contributed by atoms with E-state index in [0.717, 1.165) is 0 Å². The zero-order valence-electron chi connectivity index (χ0n) is 9.82. The van der Waals surface area contributed by atoms with Crippen molar-refractivity contribution in [2.45, 2.75) is 31.5 Å². The molecule has 1 N–H and O–H groups in total. The number of nitrogens with one attached hydrogen (secondary N) is 1. The van der Waals surface area contributed by atoms with E-state index in [2.05, 4.69) is 21.2 Å². The molecule has 0 spiro atoms. The fourth-order valence-corrected chi connectivity index (χ4v) is 2.13. The zero-order chi connectivity index (χ0) is 13.8. The van der Waals surface area contributed by atoms with Gasteiger partial charge in [0.2, 0.25) is 0 Å². The molecule has 1 rings (SSSR count). The average molecular weight is 328 g/mol. The fraction of sp³-hybridized carbons (Fsp3) is 0.500. The SMILES string of the molecule is CNC(CCCC(F)(F)F)c1cccc(Br)c1F. The van der Waals surface area contributed by atoms with Crippen molar-refractivity contribution in [1.29, 1.82) is 0 Å². The van der Waals surface area contributed by atoms with E-state index in [4.69, 9.17) is 0 Å². The molecule has 0 radical (unpaired) electrons. The van der Waals surface area contributed by atoms with E-state index in [9.17, 15) is 17.6 Å². The second-order valence-electron chi connectivity index (χ2n) is 3.99. The number of hydrogen-bond donors (Lipinski definition) is 1. The van der Waals surface area contributed by atoms with Crippen LogP contribution in [0.15, 0.2) is 22.7 Å². The largest absolute Gasteiger partial charge is 0.389 e. The number of halogens is 5. The highest BCUT2D eigenvalue weighted by atomic mass is 79.9. The number of rotatable bonds is 5. The summed E-state index contributed by atoms with van der Waals surface area (Å²) < 4.78 is 50.3. The molecule has 6 heteroatoms. The van der Waals surface area contributed by atoms with E-state index in [1.807, 2.05) is 0 Å². The molecule has 102 valence electrons. The van der Waals surface area contributed by atoms with Gasteiger partial charge in [0.25, 0.3) is 0 Å². The molecule has 1 aromatic rings. The Morgan fingerprint density at radius 2 is 2.00 bits per heavy atom. The van der Waals surface area contributed by atoms with Gasteiger partial charge < -0.3 is 5.32 Å². The first-order valence-electron chi connectivity index (χ1n) is 5.53. The maximum Gasteiger partial charge on any atom is 0.389 e. The Morgan fingerprint density at radius 3 is 2.56 bits per heavy atom. The Labute approximate surface area is 112 Å². The highest BCUT2D eigenvalue weighted by Crippen LogP contribution is 2.29. The summed E-state index contributed by atoms with van der Waals surface area (Å²) in [4.78, 5) is 0. The maximum absolute atomic E-state index is 13.8. The van der Waals surface area contributed by atoms with Gasteiger partial charge >= 0.3 is 6.18 Å². The van der Waals surface area contributed by atoms with Gasteiger partial charge in [0.15, 0.2) is 0 Å². The van der Waals surface area contributed by atoms with Crippen molar-refractivity contribution in [3.63, 3.8) is 0 Å². The summed E-state index contributed by atoms with van der Waals surface area (Å²) in [5.74, 6) is -0.427. The highest BCUT2D eigenvalue weighted by molar-refractivity contribution is 9.10. The second-order valence-corrected chi connectivity index (χ2v) is 4.85. The summed E-state index contributed by atoms with van der Waals surface area (Å²) in [7, 11) is 1.61. The third-order valence-corrected chi connectivity index (χ3v) is 3.27. The second kappa shape index (κ2) is 6.52. The van der Waals surface area contributed by atoms with Crippen LogP contribution >= 0.6 is 15.9 Å². The first kappa shape index (κ1) is 15.4. The van der Waals surface area contributed by atoms with Crippen LogP contribution in [0.5, 0.6) is 0 Å². The van der Waals surface area contributed by atoms with E-state index in [0.29, 0.717) is 10.0 Å². The molecule has 1 nitrogen and oxygen atoms in total. The van der Waals surface area contributed by atoms with E-state index in [-0.39, 0.29) is 12.8 Å². The van der Waals surface area contributed by atoms with E-state index >= 15 is 0 Å². The molecule has 18 heavy (non-hydrogen) atoms. The number of hydrogen-bond acceptors (Lipinski definition) is 1. The van der Waals surface area contributed by atoms with Crippen LogP contribution in [0.2, 0.25) is 0 Å². The van der Waals surface area contributed by atoms with Crippen molar-refractivity contribution in [2.24, 2.45) is 0 Å². The predicted molar refractivity (Wildman–Crippen MR) is 65.8 cm³/mol. The first-order chi connectivity index (χ1) is 8.35. The number of benzene rings is 1. The van der Waals surface area contributed by atoms with Crippen LogP contribution in [-0.2, 0) is 0 Å². The lowest BCUT2D eigenvalue weighted by atomic mass is 10.0. The van der Waals surface area contributed by atoms with E-state index in [1.54, 1.807) is 25.2 Å². The van der Waals surface area contributed by atoms with Gasteiger partial charge in [0.05, 0.1) is 4.47 Å². The molecular formula is C12H14BrF4N. The molecule has 0 heterocycles. The Morgan fingerprint density at radius 1 is 1.33 bits per heavy atom. The minimum atomic E-state index is -4.16. The fourth-order valence-electron chi connectivity index (χ4n) is 1.75. The molecule has 0 saturated heterocycles. The Balaban J connectivity index is 2.69. The summed E-state index contributed by atoms with van der Waals surface area (Å²) in [5.41, 5.74) is 0.383. The molecule has 0 fully saturated rings. The number of alkyl halides is 3. The van der Waals surface area contributed by atoms with Crippen LogP contribution in [0.1, 0.15) is 30.9 Å². The maximum atomic E-state index is 13.8. The average Bonchev–Trinajstić information content (AvgIpc) is 2.27. The summed E-state index contributed by atoms with van der Waals surface area (Å²) in [6.45, 7) is 0. The molecule has 0 saturated carbocycles. The smallest absolute Gasteiger partial charge is 0.313 e. The third kappa shape index (κ3) is 4.57. The van der Waals surface area contributed by atoms with Crippen LogP contribution in [0.3, 0.4) is 0 Å². The van der Waals surface area contributed by atoms with Crippen molar-refractivity contribution in [3.8, 4) is 0 Å². The molecule has 1 aromatic carbocycles. The van der Waals surface area contributed by atoms with Crippen molar-refractivity contribution >= 4 is 15.9 Å². The molecule has 0 amide bonds. The van der Waals surface area contributed by atoms with Gasteiger partial charge in [-0.05, 0) is 41.9 Å². The van der Waals surface area contributed by atoms with Gasteiger partial charge in [0.1, 0.15) is 5.82 Å². The highest BCUT2D eigenvalue weighted by Gasteiger charge is 2.27. The molecule has 0 bridgehead atoms. The van der Waals surface area contributed by atoms with Gasteiger partial charge in [-0.25, -0.2) is 4.39 Å². The van der Waals surface area contributed by atoms with E-state index in [1.165, 1.54) is 0 Å². The molecule has 0 aliphatic heterocycles. The van der Waals surface area contributed by atoms with Gasteiger partial charge in [-0.1, -0.05) is 12.1 Å². The van der Waals surface area contributed by atoms with Gasteiger partial charge in [-0.3, -0.25) is 0 Å². The van der Waals surface area contributed by atoms with Crippen molar-refractivity contribution < 1.29 is 17.6 Å². The molecule has 0 aromatic heterocycles. The normalized spacial score (nSPS) is 13.7. The van der Waals surface area contributed by atoms with Crippen LogP contribution in [0.4, 0.5) is 17.6 Å². The van der Waals surface area contributed by atoms with Crippen LogP contribution < -0.4 is 5.32 Å². The molecule has 1 atom stereocenters. The summed E-state index contributed by atoms with van der Waals surface area (Å²) in [5, 5.41) is 2.84. The molecule has 1 unspecified atom stereocenters. The van der Waals surface area contributed by atoms with Gasteiger partial charge in [-0.15, -0.1) is 0 Å². The Hall–Kier alpha value is -0.620. The van der Waals surface area contributed by atoms with Crippen molar-refractivity contribution in [3.05, 3.63) is 34.1 Å². The lowest BCUT2D eigenvalue weighted by Gasteiger charge is -2.18. The van der Waals surface area contributed by atoms with Gasteiger partial charge in [0, 0.05) is 18.0 Å². The Kier molecular flexibility index (Phi) is 5.59. The molecule has 0 aliphatic rings. The summed E-state index contributed by atoms with van der Waals surface area (Å²) in [6.07, 6.45) is -4.79. The van der Waals surface area contributed by atoms with Crippen molar-refractivity contribution in [1.82, 2.24) is 5.32 Å². The minimum Gasteiger partial charge on any atom is -0.313 e. The zero-order valence-corrected chi connectivity index (χ0v) is 11.4. The molecular weight excluding hydrogens is 314 g/mol. The van der Waals surface area contributed by atoms with Crippen LogP contribution in [-0.4, -0.2) is 13.2 Å². The van der Waals surface area contributed by atoms with Crippen molar-refractivity contribution in [2.75, 3.05) is 7.05 Å². The summed E-state index contributed by atoms with van der Waals surface area (Å²) in [6, 6.07) is 4.39. The topological polar surface area (TPSA) is 12.0 Å². The lowest BCUT2D eigenvalue weighted by Crippen LogP contribution is -2.19. The Bertz CT molecular complexity index is 392. The van der Waals surface area contributed by atoms with E-state index < -0.39 is 24.5 Å². The quantitative estimate of drug-likeness (QED) is 0.780.